The van der Waals surface area contributed by atoms with Gasteiger partial charge in [0.25, 0.3) is 11.5 Å². The van der Waals surface area contributed by atoms with Gasteiger partial charge in [0.1, 0.15) is 0 Å². The van der Waals surface area contributed by atoms with Gasteiger partial charge in [-0.25, -0.2) is 5.10 Å². The molecule has 0 saturated carbocycles. The third kappa shape index (κ3) is 2.41. The molecule has 4 rings (SSSR count). The summed E-state index contributed by atoms with van der Waals surface area (Å²) in [5.41, 5.74) is 0.105. The Hall–Kier alpha value is -2.21. The minimum atomic E-state index is -0.254. The fourth-order valence-electron chi connectivity index (χ4n) is 4.28. The molecule has 2 saturated heterocycles. The maximum atomic E-state index is 13.2. The van der Waals surface area contributed by atoms with Gasteiger partial charge >= 0.3 is 0 Å². The zero-order valence-corrected chi connectivity index (χ0v) is 13.9. The Bertz CT molecular complexity index is 831. The standard InChI is InChI=1S/C18H22N4O2/c1-21-10-4-8-14(21)15-9-5-11-22(15)18(24)16-12-6-2-3-7-13(12)17(23)20-19-16/h2-3,6-7,14-15H,4-5,8-11H2,1H3,(H,20,23)/t14-,15+/m0/s1. The average Bonchev–Trinajstić information content (AvgIpc) is 3.23. The third-order valence-corrected chi connectivity index (χ3v) is 5.48. The summed E-state index contributed by atoms with van der Waals surface area (Å²) in [5.74, 6) is -0.0646. The minimum Gasteiger partial charge on any atom is -0.333 e. The van der Waals surface area contributed by atoms with Crippen LogP contribution in [0.5, 0.6) is 0 Å². The van der Waals surface area contributed by atoms with Gasteiger partial charge in [-0.1, -0.05) is 18.2 Å². The number of carbonyl (C=O) groups is 1. The van der Waals surface area contributed by atoms with Crippen molar-refractivity contribution in [3.8, 4) is 0 Å². The molecule has 1 amide bonds. The van der Waals surface area contributed by atoms with Crippen molar-refractivity contribution < 1.29 is 4.79 Å². The summed E-state index contributed by atoms with van der Waals surface area (Å²) >= 11 is 0. The van der Waals surface area contributed by atoms with Crippen LogP contribution in [0.4, 0.5) is 0 Å². The van der Waals surface area contributed by atoms with E-state index in [-0.39, 0.29) is 17.5 Å². The van der Waals surface area contributed by atoms with Gasteiger partial charge in [-0.15, -0.1) is 0 Å². The highest BCUT2D eigenvalue weighted by Crippen LogP contribution is 2.30. The molecule has 0 unspecified atom stereocenters. The highest BCUT2D eigenvalue weighted by atomic mass is 16.2. The number of H-pyrrole nitrogens is 1. The molecule has 24 heavy (non-hydrogen) atoms. The van der Waals surface area contributed by atoms with E-state index >= 15 is 0 Å². The van der Waals surface area contributed by atoms with Gasteiger partial charge in [-0.3, -0.25) is 9.59 Å². The van der Waals surface area contributed by atoms with Gasteiger partial charge in [0.05, 0.1) is 5.39 Å². The number of hydrogen-bond acceptors (Lipinski definition) is 4. The summed E-state index contributed by atoms with van der Waals surface area (Å²) in [7, 11) is 2.15. The fraction of sp³-hybridized carbons (Fsp3) is 0.500. The molecule has 1 N–H and O–H groups in total. The van der Waals surface area contributed by atoms with Crippen molar-refractivity contribution in [1.82, 2.24) is 20.0 Å². The number of hydrogen-bond donors (Lipinski definition) is 1. The summed E-state index contributed by atoms with van der Waals surface area (Å²) < 4.78 is 0. The molecule has 0 bridgehead atoms. The van der Waals surface area contributed by atoms with Crippen molar-refractivity contribution in [1.29, 1.82) is 0 Å². The van der Waals surface area contributed by atoms with E-state index in [2.05, 4.69) is 22.1 Å². The van der Waals surface area contributed by atoms with Gasteiger partial charge < -0.3 is 9.80 Å². The molecule has 0 aliphatic carbocycles. The minimum absolute atomic E-state index is 0.0646. The second kappa shape index (κ2) is 6.02. The summed E-state index contributed by atoms with van der Waals surface area (Å²) in [6, 6.07) is 7.86. The highest BCUT2D eigenvalue weighted by molar-refractivity contribution is 6.04. The number of nitrogens with one attached hydrogen (secondary N) is 1. The Kier molecular flexibility index (Phi) is 3.84. The van der Waals surface area contributed by atoms with Gasteiger partial charge in [0, 0.05) is 24.0 Å². The quantitative estimate of drug-likeness (QED) is 0.910. The molecule has 3 heterocycles. The van der Waals surface area contributed by atoms with Crippen LogP contribution in [-0.2, 0) is 0 Å². The molecule has 1 aromatic carbocycles. The molecule has 0 spiro atoms. The SMILES string of the molecule is CN1CCC[C@H]1[C@H]1CCCN1C(=O)c1n[nH]c(=O)c2ccccc12. The zero-order chi connectivity index (χ0) is 16.7. The van der Waals surface area contributed by atoms with Crippen LogP contribution in [0, 0.1) is 0 Å². The second-order valence-electron chi connectivity index (χ2n) is 6.85. The Balaban J connectivity index is 1.71. The number of amides is 1. The Morgan fingerprint density at radius 3 is 2.58 bits per heavy atom. The van der Waals surface area contributed by atoms with E-state index in [0.717, 1.165) is 32.4 Å². The fourth-order valence-corrected chi connectivity index (χ4v) is 4.28. The molecule has 2 aliphatic heterocycles. The molecule has 6 nitrogen and oxygen atoms in total. The first-order chi connectivity index (χ1) is 11.7. The Labute approximate surface area is 140 Å². The lowest BCUT2D eigenvalue weighted by Crippen LogP contribution is -2.47. The molecule has 2 atom stereocenters. The lowest BCUT2D eigenvalue weighted by Gasteiger charge is -2.33. The Morgan fingerprint density at radius 1 is 1.12 bits per heavy atom. The molecule has 2 fully saturated rings. The van der Waals surface area contributed by atoms with E-state index in [1.165, 1.54) is 6.42 Å². The topological polar surface area (TPSA) is 69.3 Å². The smallest absolute Gasteiger partial charge is 0.275 e. The number of benzene rings is 1. The third-order valence-electron chi connectivity index (χ3n) is 5.48. The summed E-state index contributed by atoms with van der Waals surface area (Å²) in [4.78, 5) is 29.5. The number of likely N-dealkylation sites (tertiary alicyclic amines) is 2. The summed E-state index contributed by atoms with van der Waals surface area (Å²) in [6.45, 7) is 1.87. The van der Waals surface area contributed by atoms with E-state index in [9.17, 15) is 9.59 Å². The van der Waals surface area contributed by atoms with E-state index in [1.54, 1.807) is 18.2 Å². The molecular formula is C18H22N4O2. The van der Waals surface area contributed by atoms with Gasteiger partial charge in [-0.05, 0) is 45.3 Å². The van der Waals surface area contributed by atoms with E-state index in [1.807, 2.05) is 11.0 Å². The zero-order valence-electron chi connectivity index (χ0n) is 13.9. The van der Waals surface area contributed by atoms with E-state index < -0.39 is 0 Å². The largest absolute Gasteiger partial charge is 0.333 e. The predicted octanol–water partition coefficient (Wildman–Crippen LogP) is 1.62. The molecule has 2 aromatic rings. The monoisotopic (exact) mass is 326 g/mol. The van der Waals surface area contributed by atoms with Crippen molar-refractivity contribution in [2.75, 3.05) is 20.1 Å². The molecule has 6 heteroatoms. The van der Waals surface area contributed by atoms with Crippen LogP contribution in [0.25, 0.3) is 10.8 Å². The van der Waals surface area contributed by atoms with E-state index in [0.29, 0.717) is 22.5 Å². The van der Waals surface area contributed by atoms with Gasteiger partial charge in [-0.2, -0.15) is 5.10 Å². The van der Waals surface area contributed by atoms with Crippen LogP contribution in [0.1, 0.15) is 36.2 Å². The Morgan fingerprint density at radius 2 is 1.83 bits per heavy atom. The average molecular weight is 326 g/mol. The lowest BCUT2D eigenvalue weighted by atomic mass is 10.0. The normalized spacial score (nSPS) is 24.8. The van der Waals surface area contributed by atoms with Crippen LogP contribution in [0.15, 0.2) is 29.1 Å². The number of nitrogens with zero attached hydrogens (tertiary/aromatic N) is 3. The number of aromatic amines is 1. The van der Waals surface area contributed by atoms with Gasteiger partial charge in [0.2, 0.25) is 0 Å². The number of rotatable bonds is 2. The molecule has 0 radical (unpaired) electrons. The molecule has 126 valence electrons. The number of fused-ring (bicyclic) bond motifs is 1. The maximum absolute atomic E-state index is 13.2. The van der Waals surface area contributed by atoms with Crippen LogP contribution in [0.3, 0.4) is 0 Å². The predicted molar refractivity (Wildman–Crippen MR) is 92.1 cm³/mol. The molecule has 1 aromatic heterocycles. The molecular weight excluding hydrogens is 304 g/mol. The molecule has 2 aliphatic rings. The lowest BCUT2D eigenvalue weighted by molar-refractivity contribution is 0.0659. The first-order valence-corrected chi connectivity index (χ1v) is 8.65. The van der Waals surface area contributed by atoms with Crippen molar-refractivity contribution in [2.45, 2.75) is 37.8 Å². The summed E-state index contributed by atoms with van der Waals surface area (Å²) in [5, 5.41) is 7.72. The van der Waals surface area contributed by atoms with Crippen molar-refractivity contribution >= 4 is 16.7 Å². The first kappa shape index (κ1) is 15.3. The highest BCUT2D eigenvalue weighted by Gasteiger charge is 2.39. The van der Waals surface area contributed by atoms with Crippen LogP contribution in [-0.4, -0.2) is 58.1 Å². The van der Waals surface area contributed by atoms with Crippen LogP contribution >= 0.6 is 0 Å². The summed E-state index contributed by atoms with van der Waals surface area (Å²) in [6.07, 6.45) is 4.41. The number of carbonyl (C=O) groups excluding carboxylic acids is 1. The van der Waals surface area contributed by atoms with Crippen molar-refractivity contribution in [2.24, 2.45) is 0 Å². The van der Waals surface area contributed by atoms with E-state index in [4.69, 9.17) is 0 Å². The number of likely N-dealkylation sites (N-methyl/N-ethyl adjacent to an activating group) is 1. The number of aromatic nitrogens is 2. The van der Waals surface area contributed by atoms with Gasteiger partial charge in [0.15, 0.2) is 5.69 Å². The van der Waals surface area contributed by atoms with Crippen LogP contribution in [0.2, 0.25) is 0 Å². The van der Waals surface area contributed by atoms with Crippen LogP contribution < -0.4 is 5.56 Å². The first-order valence-electron chi connectivity index (χ1n) is 8.65. The van der Waals surface area contributed by atoms with Crippen molar-refractivity contribution in [3.63, 3.8) is 0 Å². The maximum Gasteiger partial charge on any atom is 0.275 e. The van der Waals surface area contributed by atoms with Crippen molar-refractivity contribution in [3.05, 3.63) is 40.3 Å². The second-order valence-corrected chi connectivity index (χ2v) is 6.85.